The Morgan fingerprint density at radius 2 is 1.56 bits per heavy atom. The maximum Gasteiger partial charge on any atom is 0.124 e. The molecular formula is C22H20Cl3NO. The van der Waals surface area contributed by atoms with Crippen LogP contribution in [0.2, 0.25) is 15.1 Å². The Morgan fingerprint density at radius 1 is 0.815 bits per heavy atom. The van der Waals surface area contributed by atoms with Gasteiger partial charge in [0, 0.05) is 38.4 Å². The monoisotopic (exact) mass is 419 g/mol. The van der Waals surface area contributed by atoms with Gasteiger partial charge in [-0.05, 0) is 61.4 Å². The highest BCUT2D eigenvalue weighted by atomic mass is 35.5. The van der Waals surface area contributed by atoms with Crippen LogP contribution < -0.4 is 10.1 Å². The van der Waals surface area contributed by atoms with Crippen LogP contribution in [0.4, 0.5) is 5.69 Å². The summed E-state index contributed by atoms with van der Waals surface area (Å²) in [6.07, 6.45) is 0. The third-order valence-electron chi connectivity index (χ3n) is 4.28. The van der Waals surface area contributed by atoms with Gasteiger partial charge < -0.3 is 10.1 Å². The van der Waals surface area contributed by atoms with Gasteiger partial charge in [0.15, 0.2) is 0 Å². The summed E-state index contributed by atoms with van der Waals surface area (Å²) in [7, 11) is 0. The maximum absolute atomic E-state index is 6.24. The first-order valence-corrected chi connectivity index (χ1v) is 9.72. The van der Waals surface area contributed by atoms with Crippen molar-refractivity contribution in [2.75, 3.05) is 5.32 Å². The molecule has 0 aliphatic carbocycles. The highest BCUT2D eigenvalue weighted by molar-refractivity contribution is 6.35. The highest BCUT2D eigenvalue weighted by Gasteiger charge is 2.08. The molecule has 5 heteroatoms. The zero-order valence-electron chi connectivity index (χ0n) is 15.2. The van der Waals surface area contributed by atoms with E-state index in [1.807, 2.05) is 24.3 Å². The van der Waals surface area contributed by atoms with Crippen LogP contribution in [0.3, 0.4) is 0 Å². The molecule has 0 unspecified atom stereocenters. The van der Waals surface area contributed by atoms with Crippen LogP contribution in [0.1, 0.15) is 22.3 Å². The SMILES string of the molecule is Cc1ccc(C)c(NCc2cc(Cl)ccc2OCc2ccc(Cl)cc2Cl)c1. The molecule has 3 aromatic carbocycles. The van der Waals surface area contributed by atoms with Crippen LogP contribution >= 0.6 is 34.8 Å². The first-order chi connectivity index (χ1) is 12.9. The number of rotatable bonds is 6. The molecular weight excluding hydrogens is 401 g/mol. The van der Waals surface area contributed by atoms with E-state index in [0.29, 0.717) is 28.2 Å². The van der Waals surface area contributed by atoms with Gasteiger partial charge in [0.05, 0.1) is 0 Å². The number of benzene rings is 3. The molecule has 1 N–H and O–H groups in total. The van der Waals surface area contributed by atoms with Gasteiger partial charge in [-0.3, -0.25) is 0 Å². The number of nitrogens with one attached hydrogen (secondary N) is 1. The number of aryl methyl sites for hydroxylation is 2. The Kier molecular flexibility index (Phi) is 6.54. The second kappa shape index (κ2) is 8.88. The van der Waals surface area contributed by atoms with E-state index in [1.165, 1.54) is 11.1 Å². The number of hydrogen-bond donors (Lipinski definition) is 1. The van der Waals surface area contributed by atoms with Crippen LogP contribution in [0.25, 0.3) is 0 Å². The van der Waals surface area contributed by atoms with Crippen molar-refractivity contribution in [3.05, 3.63) is 91.9 Å². The Balaban J connectivity index is 1.75. The minimum absolute atomic E-state index is 0.355. The molecule has 0 saturated heterocycles. The predicted octanol–water partition coefficient (Wildman–Crippen LogP) is 7.45. The van der Waals surface area contributed by atoms with E-state index < -0.39 is 0 Å². The number of anilines is 1. The van der Waals surface area contributed by atoms with E-state index in [2.05, 4.69) is 37.4 Å². The molecule has 2 nitrogen and oxygen atoms in total. The number of ether oxygens (including phenoxy) is 1. The molecule has 0 aromatic heterocycles. The summed E-state index contributed by atoms with van der Waals surface area (Å²) in [4.78, 5) is 0. The van der Waals surface area contributed by atoms with E-state index in [0.717, 1.165) is 22.6 Å². The van der Waals surface area contributed by atoms with Crippen molar-refractivity contribution in [1.29, 1.82) is 0 Å². The van der Waals surface area contributed by atoms with Gasteiger partial charge in [-0.1, -0.05) is 53.0 Å². The molecule has 27 heavy (non-hydrogen) atoms. The molecule has 0 aliphatic heterocycles. The Morgan fingerprint density at radius 3 is 2.33 bits per heavy atom. The van der Waals surface area contributed by atoms with E-state index in [-0.39, 0.29) is 0 Å². The number of hydrogen-bond acceptors (Lipinski definition) is 2. The third kappa shape index (κ3) is 5.32. The lowest BCUT2D eigenvalue weighted by Gasteiger charge is -2.15. The summed E-state index contributed by atoms with van der Waals surface area (Å²) < 4.78 is 6.02. The van der Waals surface area contributed by atoms with Crippen LogP contribution in [-0.2, 0) is 13.2 Å². The average Bonchev–Trinajstić information content (AvgIpc) is 2.63. The summed E-state index contributed by atoms with van der Waals surface area (Å²) >= 11 is 18.4. The van der Waals surface area contributed by atoms with Gasteiger partial charge in [-0.2, -0.15) is 0 Å². The van der Waals surface area contributed by atoms with Crippen LogP contribution in [0, 0.1) is 13.8 Å². The standard InChI is InChI=1S/C22H20Cl3NO/c1-14-3-4-15(2)21(9-14)26-12-17-10-18(23)7-8-22(17)27-13-16-5-6-19(24)11-20(16)25/h3-11,26H,12-13H2,1-2H3. The smallest absolute Gasteiger partial charge is 0.124 e. The molecule has 3 rings (SSSR count). The normalized spacial score (nSPS) is 10.7. The van der Waals surface area contributed by atoms with Gasteiger partial charge in [0.25, 0.3) is 0 Å². The molecule has 0 saturated carbocycles. The van der Waals surface area contributed by atoms with Gasteiger partial charge >= 0.3 is 0 Å². The van der Waals surface area contributed by atoms with Crippen molar-refractivity contribution in [2.24, 2.45) is 0 Å². The molecule has 0 fully saturated rings. The van der Waals surface area contributed by atoms with Crippen LogP contribution in [-0.4, -0.2) is 0 Å². The molecule has 0 aliphatic rings. The average molecular weight is 421 g/mol. The Hall–Kier alpha value is -1.87. The first kappa shape index (κ1) is 19.9. The quantitative estimate of drug-likeness (QED) is 0.447. The van der Waals surface area contributed by atoms with E-state index in [9.17, 15) is 0 Å². The Bertz CT molecular complexity index is 956. The fourth-order valence-corrected chi connectivity index (χ4v) is 3.40. The molecule has 0 amide bonds. The fraction of sp³-hybridized carbons (Fsp3) is 0.182. The Labute approximate surface area is 175 Å². The van der Waals surface area contributed by atoms with Crippen molar-refractivity contribution in [2.45, 2.75) is 27.0 Å². The lowest BCUT2D eigenvalue weighted by Crippen LogP contribution is -2.05. The largest absolute Gasteiger partial charge is 0.488 e. The third-order valence-corrected chi connectivity index (χ3v) is 5.11. The van der Waals surface area contributed by atoms with Gasteiger partial charge in [-0.15, -0.1) is 0 Å². The van der Waals surface area contributed by atoms with Crippen LogP contribution in [0.5, 0.6) is 5.75 Å². The topological polar surface area (TPSA) is 21.3 Å². The second-order valence-corrected chi connectivity index (χ2v) is 7.73. The number of halogens is 3. The van der Waals surface area contributed by atoms with E-state index >= 15 is 0 Å². The van der Waals surface area contributed by atoms with Crippen molar-refractivity contribution in [3.8, 4) is 5.75 Å². The lowest BCUT2D eigenvalue weighted by atomic mass is 10.1. The van der Waals surface area contributed by atoms with E-state index in [1.54, 1.807) is 12.1 Å². The van der Waals surface area contributed by atoms with Gasteiger partial charge in [0.2, 0.25) is 0 Å². The minimum Gasteiger partial charge on any atom is -0.488 e. The zero-order valence-corrected chi connectivity index (χ0v) is 17.4. The molecule has 0 spiro atoms. The lowest BCUT2D eigenvalue weighted by molar-refractivity contribution is 0.303. The summed E-state index contributed by atoms with van der Waals surface area (Å²) in [6.45, 7) is 5.12. The van der Waals surface area contributed by atoms with Crippen molar-refractivity contribution in [1.82, 2.24) is 0 Å². The van der Waals surface area contributed by atoms with Crippen molar-refractivity contribution >= 4 is 40.5 Å². The molecule has 0 bridgehead atoms. The van der Waals surface area contributed by atoms with Gasteiger partial charge in [0.1, 0.15) is 12.4 Å². The minimum atomic E-state index is 0.355. The van der Waals surface area contributed by atoms with Crippen molar-refractivity contribution < 1.29 is 4.74 Å². The van der Waals surface area contributed by atoms with E-state index in [4.69, 9.17) is 39.5 Å². The molecule has 140 valence electrons. The highest BCUT2D eigenvalue weighted by Crippen LogP contribution is 2.27. The fourth-order valence-electron chi connectivity index (χ4n) is 2.74. The van der Waals surface area contributed by atoms with Crippen molar-refractivity contribution in [3.63, 3.8) is 0 Å². The predicted molar refractivity (Wildman–Crippen MR) is 115 cm³/mol. The molecule has 0 radical (unpaired) electrons. The second-order valence-electron chi connectivity index (χ2n) is 6.45. The molecule has 3 aromatic rings. The summed E-state index contributed by atoms with van der Waals surface area (Å²) in [5, 5.41) is 5.34. The molecule has 0 heterocycles. The van der Waals surface area contributed by atoms with Gasteiger partial charge in [-0.25, -0.2) is 0 Å². The van der Waals surface area contributed by atoms with Crippen LogP contribution in [0.15, 0.2) is 54.6 Å². The maximum atomic E-state index is 6.24. The summed E-state index contributed by atoms with van der Waals surface area (Å²) in [5.41, 5.74) is 5.36. The summed E-state index contributed by atoms with van der Waals surface area (Å²) in [5.74, 6) is 0.767. The zero-order chi connectivity index (χ0) is 19.4. The molecule has 0 atom stereocenters. The first-order valence-electron chi connectivity index (χ1n) is 8.58. The summed E-state index contributed by atoms with van der Waals surface area (Å²) in [6, 6.07) is 17.3.